The van der Waals surface area contributed by atoms with Gasteiger partial charge in [-0.25, -0.2) is 4.98 Å². The zero-order valence-corrected chi connectivity index (χ0v) is 11.5. The predicted octanol–water partition coefficient (Wildman–Crippen LogP) is 3.58. The van der Waals surface area contributed by atoms with Gasteiger partial charge in [-0.05, 0) is 44.2 Å². The molecule has 1 aromatic heterocycles. The monoisotopic (exact) mass is 262 g/mol. The largest absolute Gasteiger partial charge is 0.508 e. The maximum Gasteiger partial charge on any atom is 0.123 e. The van der Waals surface area contributed by atoms with Crippen molar-refractivity contribution in [3.05, 3.63) is 35.3 Å². The standard InChI is InChI=1S/C14H18N2OS/c1-3-8-15-10(2)13-9-18-14(16-13)11-4-6-12(17)7-5-11/h4-7,9-10,15,17H,3,8H2,1-2H3. The number of phenols is 1. The van der Waals surface area contributed by atoms with Crippen molar-refractivity contribution < 1.29 is 5.11 Å². The summed E-state index contributed by atoms with van der Waals surface area (Å²) in [6, 6.07) is 7.45. The number of rotatable bonds is 5. The summed E-state index contributed by atoms with van der Waals surface area (Å²) in [5.74, 6) is 0.286. The fourth-order valence-electron chi connectivity index (χ4n) is 1.69. The van der Waals surface area contributed by atoms with Crippen LogP contribution in [-0.4, -0.2) is 16.6 Å². The Morgan fingerprint density at radius 3 is 2.72 bits per heavy atom. The molecule has 0 bridgehead atoms. The van der Waals surface area contributed by atoms with E-state index in [1.54, 1.807) is 23.5 Å². The highest BCUT2D eigenvalue weighted by molar-refractivity contribution is 7.13. The van der Waals surface area contributed by atoms with Gasteiger partial charge < -0.3 is 10.4 Å². The van der Waals surface area contributed by atoms with E-state index in [1.165, 1.54) is 0 Å². The zero-order chi connectivity index (χ0) is 13.0. The van der Waals surface area contributed by atoms with Gasteiger partial charge in [-0.3, -0.25) is 0 Å². The highest BCUT2D eigenvalue weighted by Gasteiger charge is 2.10. The highest BCUT2D eigenvalue weighted by Crippen LogP contribution is 2.27. The lowest BCUT2D eigenvalue weighted by molar-refractivity contribution is 0.475. The van der Waals surface area contributed by atoms with Gasteiger partial charge >= 0.3 is 0 Å². The van der Waals surface area contributed by atoms with Crippen LogP contribution in [0.25, 0.3) is 10.6 Å². The predicted molar refractivity (Wildman–Crippen MR) is 75.9 cm³/mol. The normalized spacial score (nSPS) is 12.6. The smallest absolute Gasteiger partial charge is 0.123 e. The van der Waals surface area contributed by atoms with E-state index in [0.29, 0.717) is 0 Å². The van der Waals surface area contributed by atoms with E-state index in [9.17, 15) is 5.11 Å². The van der Waals surface area contributed by atoms with Crippen molar-refractivity contribution in [3.63, 3.8) is 0 Å². The Bertz CT molecular complexity index is 493. The number of aromatic hydroxyl groups is 1. The Morgan fingerprint density at radius 1 is 1.33 bits per heavy atom. The van der Waals surface area contributed by atoms with E-state index in [1.807, 2.05) is 12.1 Å². The second kappa shape index (κ2) is 5.98. The number of nitrogens with one attached hydrogen (secondary N) is 1. The molecule has 0 radical (unpaired) electrons. The highest BCUT2D eigenvalue weighted by atomic mass is 32.1. The summed E-state index contributed by atoms with van der Waals surface area (Å²) < 4.78 is 0. The third-order valence-electron chi connectivity index (χ3n) is 2.78. The average Bonchev–Trinajstić information content (AvgIpc) is 2.86. The van der Waals surface area contributed by atoms with Gasteiger partial charge in [-0.1, -0.05) is 6.92 Å². The molecule has 0 saturated heterocycles. The van der Waals surface area contributed by atoms with Crippen LogP contribution in [0.2, 0.25) is 0 Å². The summed E-state index contributed by atoms with van der Waals surface area (Å²) in [6.07, 6.45) is 1.12. The fraction of sp³-hybridized carbons (Fsp3) is 0.357. The SMILES string of the molecule is CCCNC(C)c1csc(-c2ccc(O)cc2)n1. The minimum atomic E-state index is 0.284. The topological polar surface area (TPSA) is 45.1 Å². The van der Waals surface area contributed by atoms with Crippen LogP contribution >= 0.6 is 11.3 Å². The van der Waals surface area contributed by atoms with Crippen molar-refractivity contribution in [2.24, 2.45) is 0 Å². The molecule has 1 heterocycles. The first-order valence-corrected chi connectivity index (χ1v) is 7.07. The molecule has 0 aliphatic rings. The van der Waals surface area contributed by atoms with E-state index < -0.39 is 0 Å². The maximum atomic E-state index is 9.27. The van der Waals surface area contributed by atoms with E-state index in [2.05, 4.69) is 29.5 Å². The van der Waals surface area contributed by atoms with Gasteiger partial charge in [-0.2, -0.15) is 0 Å². The van der Waals surface area contributed by atoms with Crippen LogP contribution in [0.15, 0.2) is 29.6 Å². The van der Waals surface area contributed by atoms with Gasteiger partial charge in [-0.15, -0.1) is 11.3 Å². The van der Waals surface area contributed by atoms with E-state index >= 15 is 0 Å². The molecule has 0 saturated carbocycles. The van der Waals surface area contributed by atoms with Crippen molar-refractivity contribution in [1.29, 1.82) is 0 Å². The summed E-state index contributed by atoms with van der Waals surface area (Å²) in [5, 5.41) is 15.8. The van der Waals surface area contributed by atoms with Crippen LogP contribution in [-0.2, 0) is 0 Å². The van der Waals surface area contributed by atoms with Crippen molar-refractivity contribution in [3.8, 4) is 16.3 Å². The number of aromatic nitrogens is 1. The van der Waals surface area contributed by atoms with Crippen molar-refractivity contribution >= 4 is 11.3 Å². The first-order chi connectivity index (χ1) is 8.70. The summed E-state index contributed by atoms with van der Waals surface area (Å²) in [7, 11) is 0. The number of nitrogens with zero attached hydrogens (tertiary/aromatic N) is 1. The zero-order valence-electron chi connectivity index (χ0n) is 10.7. The summed E-state index contributed by atoms with van der Waals surface area (Å²) >= 11 is 1.64. The van der Waals surface area contributed by atoms with E-state index in [0.717, 1.165) is 29.2 Å². The molecule has 4 heteroatoms. The minimum Gasteiger partial charge on any atom is -0.508 e. The summed E-state index contributed by atoms with van der Waals surface area (Å²) in [4.78, 5) is 4.64. The van der Waals surface area contributed by atoms with Gasteiger partial charge in [0.15, 0.2) is 0 Å². The molecule has 1 unspecified atom stereocenters. The molecule has 2 aromatic rings. The van der Waals surface area contributed by atoms with Crippen LogP contribution in [0.1, 0.15) is 32.0 Å². The molecule has 3 nitrogen and oxygen atoms in total. The molecule has 1 atom stereocenters. The minimum absolute atomic E-state index is 0.284. The second-order valence-corrected chi connectivity index (χ2v) is 5.16. The average molecular weight is 262 g/mol. The molecule has 18 heavy (non-hydrogen) atoms. The first-order valence-electron chi connectivity index (χ1n) is 6.19. The van der Waals surface area contributed by atoms with Crippen LogP contribution in [0.4, 0.5) is 0 Å². The number of hydrogen-bond donors (Lipinski definition) is 2. The number of hydrogen-bond acceptors (Lipinski definition) is 4. The number of thiazole rings is 1. The molecule has 0 amide bonds. The van der Waals surface area contributed by atoms with Crippen molar-refractivity contribution in [2.45, 2.75) is 26.3 Å². The van der Waals surface area contributed by atoms with Gasteiger partial charge in [0.2, 0.25) is 0 Å². The Hall–Kier alpha value is -1.39. The lowest BCUT2D eigenvalue weighted by Gasteiger charge is -2.09. The quantitative estimate of drug-likeness (QED) is 0.865. The third kappa shape index (κ3) is 3.09. The van der Waals surface area contributed by atoms with Gasteiger partial charge in [0.25, 0.3) is 0 Å². The summed E-state index contributed by atoms with van der Waals surface area (Å²) in [6.45, 7) is 5.29. The first kappa shape index (κ1) is 13.1. The van der Waals surface area contributed by atoms with Crippen LogP contribution in [0.5, 0.6) is 5.75 Å². The third-order valence-corrected chi connectivity index (χ3v) is 3.69. The molecular weight excluding hydrogens is 244 g/mol. The molecule has 1 aromatic carbocycles. The molecule has 0 spiro atoms. The van der Waals surface area contributed by atoms with Gasteiger partial charge in [0.1, 0.15) is 10.8 Å². The van der Waals surface area contributed by atoms with Crippen molar-refractivity contribution in [2.75, 3.05) is 6.54 Å². The maximum absolute atomic E-state index is 9.27. The van der Waals surface area contributed by atoms with Crippen LogP contribution in [0.3, 0.4) is 0 Å². The lowest BCUT2D eigenvalue weighted by Crippen LogP contribution is -2.19. The van der Waals surface area contributed by atoms with Crippen LogP contribution < -0.4 is 5.32 Å². The Balaban J connectivity index is 2.12. The second-order valence-electron chi connectivity index (χ2n) is 4.30. The Morgan fingerprint density at radius 2 is 2.06 bits per heavy atom. The molecule has 0 aliphatic carbocycles. The van der Waals surface area contributed by atoms with Crippen molar-refractivity contribution in [1.82, 2.24) is 10.3 Å². The molecular formula is C14H18N2OS. The number of benzene rings is 1. The molecule has 2 rings (SSSR count). The Kier molecular flexibility index (Phi) is 4.33. The van der Waals surface area contributed by atoms with E-state index in [4.69, 9.17) is 0 Å². The molecule has 96 valence electrons. The Labute approximate surface area is 112 Å². The van der Waals surface area contributed by atoms with Gasteiger partial charge in [0.05, 0.1) is 5.69 Å². The molecule has 0 aliphatic heterocycles. The summed E-state index contributed by atoms with van der Waals surface area (Å²) in [5.41, 5.74) is 2.13. The lowest BCUT2D eigenvalue weighted by atomic mass is 10.2. The van der Waals surface area contributed by atoms with Crippen LogP contribution in [0, 0.1) is 0 Å². The van der Waals surface area contributed by atoms with E-state index in [-0.39, 0.29) is 11.8 Å². The number of phenolic OH excluding ortho intramolecular Hbond substituents is 1. The molecule has 2 N–H and O–H groups in total. The molecule has 0 fully saturated rings. The van der Waals surface area contributed by atoms with Gasteiger partial charge in [0, 0.05) is 17.0 Å². The fourth-order valence-corrected chi connectivity index (χ4v) is 2.61.